The number of allylic oxidation sites excluding steroid dienone is 3. The number of phenols is 2. The summed E-state index contributed by atoms with van der Waals surface area (Å²) in [5.74, 6) is -2.10. The summed E-state index contributed by atoms with van der Waals surface area (Å²) < 4.78 is 0. The van der Waals surface area contributed by atoms with E-state index in [1.807, 2.05) is 13.8 Å². The molecule has 110 valence electrons. The number of Topliss-reactive ketones (excluding diaryl/α,β-unsaturated/α-hetero) is 1. The number of benzene rings is 1. The highest BCUT2D eigenvalue weighted by Gasteiger charge is 2.32. The molecule has 0 aromatic heterocycles. The van der Waals surface area contributed by atoms with E-state index in [1.54, 1.807) is 0 Å². The van der Waals surface area contributed by atoms with Crippen molar-refractivity contribution in [2.75, 3.05) is 0 Å². The Labute approximate surface area is 121 Å². The third-order valence-corrected chi connectivity index (χ3v) is 3.21. The Kier molecular flexibility index (Phi) is 3.84. The lowest BCUT2D eigenvalue weighted by molar-refractivity contribution is 0.0976. The molecule has 0 heterocycles. The fourth-order valence-electron chi connectivity index (χ4n) is 2.11. The first-order valence-corrected chi connectivity index (χ1v) is 6.58. The number of aromatic hydroxyl groups is 2. The van der Waals surface area contributed by atoms with Crippen LogP contribution in [-0.2, 0) is 0 Å². The number of phenolic OH excluding ortho intramolecular Hbond substituents is 2. The van der Waals surface area contributed by atoms with Gasteiger partial charge >= 0.3 is 0 Å². The lowest BCUT2D eigenvalue weighted by Crippen LogP contribution is -2.18. The van der Waals surface area contributed by atoms with Gasteiger partial charge in [0.25, 0.3) is 0 Å². The zero-order valence-corrected chi connectivity index (χ0v) is 11.8. The van der Waals surface area contributed by atoms with Crippen LogP contribution in [0.2, 0.25) is 0 Å². The standard InChI is InChI=1S/C16H16O5/c1-8(2)3-4-10(17)9-7-13(20)14-11(18)5-6-12(19)15(14)16(9)21/h4-8,17-19H,3H2,1-2H3. The second-order valence-electron chi connectivity index (χ2n) is 5.32. The Morgan fingerprint density at radius 2 is 1.71 bits per heavy atom. The van der Waals surface area contributed by atoms with Gasteiger partial charge in [0.05, 0.1) is 16.7 Å². The largest absolute Gasteiger partial charge is 0.508 e. The molecule has 5 nitrogen and oxygen atoms in total. The molecule has 0 saturated carbocycles. The molecule has 1 aromatic rings. The van der Waals surface area contributed by atoms with Crippen LogP contribution in [0.1, 0.15) is 41.0 Å². The molecule has 1 aromatic carbocycles. The van der Waals surface area contributed by atoms with Gasteiger partial charge in [0.1, 0.15) is 17.3 Å². The Morgan fingerprint density at radius 1 is 1.14 bits per heavy atom. The van der Waals surface area contributed by atoms with Gasteiger partial charge in [-0.3, -0.25) is 9.59 Å². The average molecular weight is 288 g/mol. The van der Waals surface area contributed by atoms with Gasteiger partial charge in [-0.1, -0.05) is 13.8 Å². The van der Waals surface area contributed by atoms with Gasteiger partial charge in [-0.2, -0.15) is 0 Å². The maximum Gasteiger partial charge on any atom is 0.201 e. The van der Waals surface area contributed by atoms with Gasteiger partial charge in [0.15, 0.2) is 5.78 Å². The summed E-state index contributed by atoms with van der Waals surface area (Å²) in [6.07, 6.45) is 2.99. The van der Waals surface area contributed by atoms with Gasteiger partial charge in [-0.25, -0.2) is 0 Å². The zero-order valence-electron chi connectivity index (χ0n) is 11.8. The minimum absolute atomic E-state index is 0.172. The van der Waals surface area contributed by atoms with Crippen molar-refractivity contribution < 1.29 is 24.9 Å². The van der Waals surface area contributed by atoms with E-state index in [4.69, 9.17) is 0 Å². The van der Waals surface area contributed by atoms with Crippen molar-refractivity contribution in [3.8, 4) is 11.5 Å². The normalized spacial score (nSPS) is 15.2. The van der Waals surface area contributed by atoms with E-state index in [-0.39, 0.29) is 34.1 Å². The predicted molar refractivity (Wildman–Crippen MR) is 76.7 cm³/mol. The molecule has 0 unspecified atom stereocenters. The van der Waals surface area contributed by atoms with Crippen molar-refractivity contribution in [3.05, 3.63) is 46.7 Å². The van der Waals surface area contributed by atoms with Crippen LogP contribution in [0.3, 0.4) is 0 Å². The van der Waals surface area contributed by atoms with Crippen LogP contribution in [0.4, 0.5) is 0 Å². The van der Waals surface area contributed by atoms with Crippen LogP contribution in [-0.4, -0.2) is 26.9 Å². The molecule has 1 aliphatic carbocycles. The highest BCUT2D eigenvalue weighted by atomic mass is 16.3. The molecule has 0 amide bonds. The Morgan fingerprint density at radius 3 is 2.29 bits per heavy atom. The van der Waals surface area contributed by atoms with Gasteiger partial charge in [0, 0.05) is 6.08 Å². The van der Waals surface area contributed by atoms with Crippen LogP contribution in [0.5, 0.6) is 11.5 Å². The number of aliphatic hydroxyl groups is 1. The SMILES string of the molecule is CC(C)CC=C(O)C1=CC(=O)c2c(O)ccc(O)c2C1=O. The zero-order chi connectivity index (χ0) is 15.7. The first kappa shape index (κ1) is 14.8. The maximum absolute atomic E-state index is 12.3. The summed E-state index contributed by atoms with van der Waals surface area (Å²) >= 11 is 0. The average Bonchev–Trinajstić information content (AvgIpc) is 2.42. The molecular formula is C16H16O5. The van der Waals surface area contributed by atoms with Crippen molar-refractivity contribution in [2.24, 2.45) is 5.92 Å². The Bertz CT molecular complexity index is 680. The lowest BCUT2D eigenvalue weighted by Gasteiger charge is -2.17. The van der Waals surface area contributed by atoms with Crippen molar-refractivity contribution in [1.29, 1.82) is 0 Å². The number of hydrogen-bond donors (Lipinski definition) is 3. The number of carbonyl (C=O) groups excluding carboxylic acids is 2. The molecule has 1 aliphatic rings. The quantitative estimate of drug-likeness (QED) is 0.587. The van der Waals surface area contributed by atoms with E-state index in [2.05, 4.69) is 0 Å². The molecule has 5 heteroatoms. The molecular weight excluding hydrogens is 272 g/mol. The van der Waals surface area contributed by atoms with Gasteiger partial charge < -0.3 is 15.3 Å². The molecule has 0 bridgehead atoms. The van der Waals surface area contributed by atoms with Gasteiger partial charge in [0.2, 0.25) is 5.78 Å². The summed E-state index contributed by atoms with van der Waals surface area (Å²) in [4.78, 5) is 24.3. The molecule has 0 atom stereocenters. The predicted octanol–water partition coefficient (Wildman–Crippen LogP) is 2.89. The second-order valence-corrected chi connectivity index (χ2v) is 5.32. The fourth-order valence-corrected chi connectivity index (χ4v) is 2.11. The minimum Gasteiger partial charge on any atom is -0.508 e. The van der Waals surface area contributed by atoms with E-state index in [9.17, 15) is 24.9 Å². The highest BCUT2D eigenvalue weighted by Crippen LogP contribution is 2.35. The smallest absolute Gasteiger partial charge is 0.201 e. The first-order chi connectivity index (χ1) is 9.82. The van der Waals surface area contributed by atoms with Crippen molar-refractivity contribution in [1.82, 2.24) is 0 Å². The molecule has 0 saturated heterocycles. The van der Waals surface area contributed by atoms with Crippen LogP contribution in [0, 0.1) is 5.92 Å². The molecule has 21 heavy (non-hydrogen) atoms. The third kappa shape index (κ3) is 2.67. The number of rotatable bonds is 3. The lowest BCUT2D eigenvalue weighted by atomic mass is 9.87. The van der Waals surface area contributed by atoms with Crippen LogP contribution in [0.15, 0.2) is 35.6 Å². The monoisotopic (exact) mass is 288 g/mol. The molecule has 3 N–H and O–H groups in total. The van der Waals surface area contributed by atoms with Gasteiger partial charge in [-0.05, 0) is 30.5 Å². The number of ketones is 2. The first-order valence-electron chi connectivity index (χ1n) is 6.58. The van der Waals surface area contributed by atoms with Crippen molar-refractivity contribution >= 4 is 11.6 Å². The molecule has 2 rings (SSSR count). The van der Waals surface area contributed by atoms with Crippen molar-refractivity contribution in [3.63, 3.8) is 0 Å². The fraction of sp³-hybridized carbons (Fsp3) is 0.250. The maximum atomic E-state index is 12.3. The molecule has 0 aliphatic heterocycles. The Balaban J connectivity index is 2.51. The van der Waals surface area contributed by atoms with E-state index in [1.165, 1.54) is 6.08 Å². The summed E-state index contributed by atoms with van der Waals surface area (Å²) in [7, 11) is 0. The van der Waals surface area contributed by atoms with Crippen LogP contribution < -0.4 is 0 Å². The number of carbonyl (C=O) groups is 2. The third-order valence-electron chi connectivity index (χ3n) is 3.21. The van der Waals surface area contributed by atoms with E-state index < -0.39 is 17.3 Å². The van der Waals surface area contributed by atoms with E-state index in [0.29, 0.717) is 6.42 Å². The number of fused-ring (bicyclic) bond motifs is 1. The van der Waals surface area contributed by atoms with Crippen LogP contribution >= 0.6 is 0 Å². The summed E-state index contributed by atoms with van der Waals surface area (Å²) in [6.45, 7) is 3.90. The minimum atomic E-state index is -0.685. The van der Waals surface area contributed by atoms with E-state index in [0.717, 1.165) is 18.2 Å². The molecule has 0 radical (unpaired) electrons. The number of hydrogen-bond acceptors (Lipinski definition) is 5. The summed E-state index contributed by atoms with van der Waals surface area (Å²) in [5.41, 5.74) is -0.684. The highest BCUT2D eigenvalue weighted by molar-refractivity contribution is 6.27. The summed E-state index contributed by atoms with van der Waals surface area (Å²) in [6, 6.07) is 2.28. The van der Waals surface area contributed by atoms with E-state index >= 15 is 0 Å². The second kappa shape index (κ2) is 5.44. The van der Waals surface area contributed by atoms with Gasteiger partial charge in [-0.15, -0.1) is 0 Å². The van der Waals surface area contributed by atoms with Crippen LogP contribution in [0.25, 0.3) is 0 Å². The number of aliphatic hydroxyl groups excluding tert-OH is 1. The topological polar surface area (TPSA) is 94.8 Å². The summed E-state index contributed by atoms with van der Waals surface area (Å²) in [5, 5.41) is 29.4. The molecule has 0 spiro atoms. The Hall–Kier alpha value is -2.56. The van der Waals surface area contributed by atoms with Crippen molar-refractivity contribution in [2.45, 2.75) is 20.3 Å². The molecule has 0 fully saturated rings.